The van der Waals surface area contributed by atoms with E-state index < -0.39 is 28.5 Å². The number of nitro benzene ring substituents is 1. The summed E-state index contributed by atoms with van der Waals surface area (Å²) in [6.45, 7) is 5.13. The van der Waals surface area contributed by atoms with E-state index in [0.29, 0.717) is 27.2 Å². The number of non-ortho nitro benzene ring substituents is 1. The molecule has 0 bridgehead atoms. The Balaban J connectivity index is 1.62. The summed E-state index contributed by atoms with van der Waals surface area (Å²) in [4.78, 5) is 55.0. The summed E-state index contributed by atoms with van der Waals surface area (Å²) in [7, 11) is 1.25. The van der Waals surface area contributed by atoms with Gasteiger partial charge in [0, 0.05) is 22.7 Å². The molecule has 0 spiro atoms. The van der Waals surface area contributed by atoms with Gasteiger partial charge in [-0.3, -0.25) is 19.5 Å². The van der Waals surface area contributed by atoms with E-state index in [-0.39, 0.29) is 69.5 Å². The van der Waals surface area contributed by atoms with Gasteiger partial charge in [-0.15, -0.1) is 0 Å². The Morgan fingerprint density at radius 1 is 1.02 bits per heavy atom. The van der Waals surface area contributed by atoms with Gasteiger partial charge in [0.2, 0.25) is 0 Å². The molecule has 0 radical (unpaired) electrons. The normalized spacial score (nSPS) is 14.0. The van der Waals surface area contributed by atoms with Gasteiger partial charge in [0.15, 0.2) is 22.9 Å². The molecule has 16 heteroatoms. The Morgan fingerprint density at radius 3 is 2.43 bits per heavy atom. The van der Waals surface area contributed by atoms with Crippen molar-refractivity contribution in [2.75, 3.05) is 26.9 Å². The average molecular weight is 757 g/mol. The average Bonchev–Trinajstić information content (AvgIpc) is 3.40. The van der Waals surface area contributed by atoms with Crippen LogP contribution in [0.5, 0.6) is 17.2 Å². The maximum Gasteiger partial charge on any atom is 0.343 e. The van der Waals surface area contributed by atoms with Crippen LogP contribution in [0.3, 0.4) is 0 Å². The highest BCUT2D eigenvalue weighted by Crippen LogP contribution is 2.37. The second kappa shape index (κ2) is 16.2. The Bertz CT molecular complexity index is 2210. The lowest BCUT2D eigenvalue weighted by atomic mass is 9.95. The molecule has 13 nitrogen and oxygen atoms in total. The molecular formula is C35H31Cl2N3O10S. The number of hydrogen-bond donors (Lipinski definition) is 0. The number of allylic oxidation sites excluding steroid dienone is 1. The van der Waals surface area contributed by atoms with Gasteiger partial charge < -0.3 is 23.7 Å². The van der Waals surface area contributed by atoms with Crippen molar-refractivity contribution in [1.82, 2.24) is 4.57 Å². The number of nitrogens with zero attached hydrogens (tertiary/aromatic N) is 3. The summed E-state index contributed by atoms with van der Waals surface area (Å²) >= 11 is 14.0. The zero-order chi connectivity index (χ0) is 36.8. The number of rotatable bonds is 13. The molecular weight excluding hydrogens is 725 g/mol. The molecule has 0 aliphatic carbocycles. The number of aromatic nitrogens is 1. The molecule has 2 heterocycles. The second-order valence-electron chi connectivity index (χ2n) is 10.8. The molecule has 1 aliphatic heterocycles. The number of fused-ring (bicyclic) bond motifs is 1. The van der Waals surface area contributed by atoms with Gasteiger partial charge in [-0.25, -0.2) is 14.6 Å². The number of nitro groups is 1. The lowest BCUT2D eigenvalue weighted by Crippen LogP contribution is -2.40. The number of methoxy groups -OCH3 is 1. The van der Waals surface area contributed by atoms with Crippen LogP contribution in [0.15, 0.2) is 75.7 Å². The zero-order valence-electron chi connectivity index (χ0n) is 27.8. The van der Waals surface area contributed by atoms with Gasteiger partial charge in [-0.05, 0) is 74.4 Å². The van der Waals surface area contributed by atoms with Crippen LogP contribution in [0.1, 0.15) is 43.5 Å². The van der Waals surface area contributed by atoms with E-state index in [1.165, 1.54) is 29.9 Å². The van der Waals surface area contributed by atoms with Crippen LogP contribution in [-0.4, -0.2) is 48.4 Å². The minimum absolute atomic E-state index is 0.0189. The van der Waals surface area contributed by atoms with Crippen LogP contribution in [0.25, 0.3) is 6.08 Å². The lowest BCUT2D eigenvalue weighted by molar-refractivity contribution is -0.384. The van der Waals surface area contributed by atoms with Crippen LogP contribution < -0.4 is 29.1 Å². The molecule has 0 unspecified atom stereocenters. The molecule has 3 aromatic carbocycles. The number of ether oxygens (including phenoxy) is 5. The molecule has 0 N–H and O–H groups in total. The van der Waals surface area contributed by atoms with E-state index >= 15 is 0 Å². The number of carbonyl (C=O) groups is 2. The summed E-state index contributed by atoms with van der Waals surface area (Å²) in [6.07, 6.45) is 1.57. The first-order valence-electron chi connectivity index (χ1n) is 15.5. The molecule has 5 rings (SSSR count). The third-order valence-electron chi connectivity index (χ3n) is 7.53. The highest BCUT2D eigenvalue weighted by atomic mass is 35.5. The molecule has 1 aromatic heterocycles. The van der Waals surface area contributed by atoms with Crippen LogP contribution >= 0.6 is 34.5 Å². The van der Waals surface area contributed by atoms with Crippen molar-refractivity contribution >= 4 is 58.2 Å². The maximum absolute atomic E-state index is 14.3. The van der Waals surface area contributed by atoms with Crippen molar-refractivity contribution < 1.29 is 38.2 Å². The first-order chi connectivity index (χ1) is 24.4. The van der Waals surface area contributed by atoms with Gasteiger partial charge in [0.1, 0.15) is 12.4 Å². The fourth-order valence-corrected chi connectivity index (χ4v) is 6.84. The van der Waals surface area contributed by atoms with E-state index in [4.69, 9.17) is 42.1 Å². The van der Waals surface area contributed by atoms with Gasteiger partial charge in [-0.1, -0.05) is 40.6 Å². The number of esters is 2. The summed E-state index contributed by atoms with van der Waals surface area (Å²) in [6, 6.07) is 12.9. The van der Waals surface area contributed by atoms with Crippen molar-refractivity contribution in [2.45, 2.75) is 33.4 Å². The van der Waals surface area contributed by atoms with E-state index in [9.17, 15) is 24.5 Å². The topological polar surface area (TPSA) is 158 Å². The van der Waals surface area contributed by atoms with Gasteiger partial charge >= 0.3 is 11.9 Å². The Labute approximate surface area is 305 Å². The Hall–Kier alpha value is -5.18. The van der Waals surface area contributed by atoms with Crippen molar-refractivity contribution in [2.24, 2.45) is 4.99 Å². The smallest absolute Gasteiger partial charge is 0.343 e. The highest BCUT2D eigenvalue weighted by molar-refractivity contribution is 7.07. The highest BCUT2D eigenvalue weighted by Gasteiger charge is 2.34. The molecule has 0 amide bonds. The monoisotopic (exact) mass is 755 g/mol. The van der Waals surface area contributed by atoms with Crippen LogP contribution in [-0.2, 0) is 25.7 Å². The lowest BCUT2D eigenvalue weighted by Gasteiger charge is -2.25. The van der Waals surface area contributed by atoms with Gasteiger partial charge in [0.25, 0.3) is 11.2 Å². The molecule has 266 valence electrons. The number of halogens is 2. The second-order valence-corrected chi connectivity index (χ2v) is 12.7. The molecule has 1 aliphatic rings. The quantitative estimate of drug-likeness (QED) is 0.0964. The third-order valence-corrected chi connectivity index (χ3v) is 9.01. The van der Waals surface area contributed by atoms with Gasteiger partial charge in [0.05, 0.1) is 52.1 Å². The number of benzene rings is 3. The molecule has 51 heavy (non-hydrogen) atoms. The molecule has 4 aromatic rings. The molecule has 0 fully saturated rings. The van der Waals surface area contributed by atoms with E-state index in [2.05, 4.69) is 9.73 Å². The predicted molar refractivity (Wildman–Crippen MR) is 189 cm³/mol. The van der Waals surface area contributed by atoms with Crippen molar-refractivity contribution in [3.05, 3.63) is 122 Å². The SMILES string of the molecule is CCOC(=O)C1=C(C)N=c2s/c(=C/c3cc(Cl)cc(Cl)c3OCc3ccc([N+](=O)[O-])cc3)c(=O)n2[C@H]1c1ccc(OCC(=O)OC)c(OCC)c1. The first-order valence-corrected chi connectivity index (χ1v) is 17.0. The maximum atomic E-state index is 14.3. The van der Waals surface area contributed by atoms with Crippen LogP contribution in [0, 0.1) is 10.1 Å². The standard InChI is InChI=1S/C35H31Cl2N3O10S/c1-5-47-27-14-21(9-12-26(27)49-18-29(41)46-4)31-30(34(43)48-6-2)19(3)38-35-39(31)33(42)28(51-35)15-22-13-23(36)16-25(37)32(22)50-17-20-7-10-24(11-8-20)40(44)45/h7-16,31H,5-6,17-18H2,1-4H3/b28-15+/t31-/m0/s1. The Morgan fingerprint density at radius 2 is 1.76 bits per heavy atom. The fraction of sp³-hybridized carbons (Fsp3) is 0.257. The molecule has 0 saturated heterocycles. The third kappa shape index (κ3) is 8.25. The van der Waals surface area contributed by atoms with Crippen molar-refractivity contribution in [3.8, 4) is 17.2 Å². The van der Waals surface area contributed by atoms with Gasteiger partial charge in [-0.2, -0.15) is 0 Å². The minimum Gasteiger partial charge on any atom is -0.490 e. The predicted octanol–water partition coefficient (Wildman–Crippen LogP) is 5.54. The van der Waals surface area contributed by atoms with Crippen molar-refractivity contribution in [3.63, 3.8) is 0 Å². The summed E-state index contributed by atoms with van der Waals surface area (Å²) in [5, 5.41) is 11.5. The molecule has 0 saturated carbocycles. The Kier molecular flexibility index (Phi) is 11.8. The minimum atomic E-state index is -0.975. The summed E-state index contributed by atoms with van der Waals surface area (Å²) < 4.78 is 29.2. The van der Waals surface area contributed by atoms with E-state index in [1.807, 2.05) is 0 Å². The van der Waals surface area contributed by atoms with E-state index in [0.717, 1.165) is 11.3 Å². The fourth-order valence-electron chi connectivity index (χ4n) is 5.24. The van der Waals surface area contributed by atoms with Crippen LogP contribution in [0.4, 0.5) is 5.69 Å². The summed E-state index contributed by atoms with van der Waals surface area (Å²) in [5.41, 5.74) is 1.50. The molecule has 1 atom stereocenters. The van der Waals surface area contributed by atoms with E-state index in [1.54, 1.807) is 63.2 Å². The number of carbonyl (C=O) groups excluding carboxylic acids is 2. The first kappa shape index (κ1) is 37.1. The van der Waals surface area contributed by atoms with Crippen LogP contribution in [0.2, 0.25) is 10.0 Å². The number of hydrogen-bond acceptors (Lipinski definition) is 12. The zero-order valence-corrected chi connectivity index (χ0v) is 30.1. The number of thiazole rings is 1. The summed E-state index contributed by atoms with van der Waals surface area (Å²) in [5.74, 6) is -0.462. The van der Waals surface area contributed by atoms with Crippen molar-refractivity contribution in [1.29, 1.82) is 0 Å². The largest absolute Gasteiger partial charge is 0.490 e.